The lowest BCUT2D eigenvalue weighted by molar-refractivity contribution is 0.0966. The molecule has 0 aliphatic rings. The molecular formula is C25H20N4O3. The highest BCUT2D eigenvalue weighted by Crippen LogP contribution is 2.13. The van der Waals surface area contributed by atoms with Gasteiger partial charge in [0.2, 0.25) is 5.78 Å². The lowest BCUT2D eigenvalue weighted by Gasteiger charge is -2.09. The van der Waals surface area contributed by atoms with E-state index < -0.39 is 5.69 Å². The highest BCUT2D eigenvalue weighted by Gasteiger charge is 2.19. The van der Waals surface area contributed by atoms with Gasteiger partial charge in [-0.3, -0.25) is 14.2 Å². The minimum atomic E-state index is -0.460. The first-order chi connectivity index (χ1) is 15.5. The number of Topliss-reactive ketones (excluding diaryl/α,β-unsaturated/α-hetero) is 1. The summed E-state index contributed by atoms with van der Waals surface area (Å²) in [5.74, 6) is -0.0176. The summed E-state index contributed by atoms with van der Waals surface area (Å²) in [6, 6.07) is 23.6. The number of nitrogens with zero attached hydrogens (tertiary/aromatic N) is 4. The maximum absolute atomic E-state index is 13.3. The molecule has 2 aromatic heterocycles. The minimum absolute atomic E-state index is 0.208. The van der Waals surface area contributed by atoms with Crippen LogP contribution >= 0.6 is 0 Å². The number of hydrogen-bond acceptors (Lipinski definition) is 4. The molecule has 0 amide bonds. The van der Waals surface area contributed by atoms with Crippen molar-refractivity contribution < 1.29 is 4.79 Å². The van der Waals surface area contributed by atoms with Crippen molar-refractivity contribution in [3.05, 3.63) is 116 Å². The fourth-order valence-corrected chi connectivity index (χ4v) is 3.85. The van der Waals surface area contributed by atoms with Gasteiger partial charge < -0.3 is 0 Å². The van der Waals surface area contributed by atoms with E-state index in [1.54, 1.807) is 36.4 Å². The van der Waals surface area contributed by atoms with Gasteiger partial charge in [-0.2, -0.15) is 0 Å². The van der Waals surface area contributed by atoms with Crippen LogP contribution in [0.4, 0.5) is 0 Å². The Bertz CT molecular complexity index is 1580. The number of aryl methyl sites for hydroxylation is 1. The van der Waals surface area contributed by atoms with Crippen molar-refractivity contribution in [2.24, 2.45) is 0 Å². The second-order valence-electron chi connectivity index (χ2n) is 7.76. The number of carbonyl (C=O) groups is 1. The molecule has 0 saturated heterocycles. The van der Waals surface area contributed by atoms with Gasteiger partial charge in [-0.05, 0) is 24.6 Å². The Hall–Kier alpha value is -4.26. The van der Waals surface area contributed by atoms with Crippen molar-refractivity contribution >= 4 is 22.5 Å². The largest absolute Gasteiger partial charge is 0.352 e. The molecule has 0 bridgehead atoms. The van der Waals surface area contributed by atoms with E-state index in [4.69, 9.17) is 0 Å². The van der Waals surface area contributed by atoms with E-state index in [0.29, 0.717) is 16.5 Å². The Morgan fingerprint density at radius 1 is 0.875 bits per heavy atom. The molecule has 0 unspecified atom stereocenters. The number of carbonyl (C=O) groups excluding carboxylic acids is 1. The van der Waals surface area contributed by atoms with Gasteiger partial charge in [0, 0.05) is 5.56 Å². The summed E-state index contributed by atoms with van der Waals surface area (Å²) in [4.78, 5) is 39.3. The fraction of sp³-hybridized carbons (Fsp3) is 0.120. The standard InChI is InChI=1S/C25H20N4O3/c1-17-11-13-19(14-12-17)22(30)16-28-25(32)29-21-10-6-5-9-20(21)23(31)27(24(29)26-28)15-18-7-3-2-4-8-18/h2-14H,15-16H2,1H3. The van der Waals surface area contributed by atoms with Crippen molar-refractivity contribution in [3.63, 3.8) is 0 Å². The van der Waals surface area contributed by atoms with Crippen LogP contribution in [0.25, 0.3) is 16.7 Å². The van der Waals surface area contributed by atoms with Gasteiger partial charge in [-0.15, -0.1) is 5.10 Å². The zero-order valence-corrected chi connectivity index (χ0v) is 17.4. The van der Waals surface area contributed by atoms with Crippen LogP contribution in [0.3, 0.4) is 0 Å². The molecule has 5 rings (SSSR count). The van der Waals surface area contributed by atoms with Crippen LogP contribution < -0.4 is 11.2 Å². The molecule has 0 fully saturated rings. The van der Waals surface area contributed by atoms with Gasteiger partial charge in [0.25, 0.3) is 5.56 Å². The van der Waals surface area contributed by atoms with Gasteiger partial charge in [0.05, 0.1) is 17.4 Å². The van der Waals surface area contributed by atoms with E-state index >= 15 is 0 Å². The Kier molecular flexibility index (Phi) is 4.78. The Morgan fingerprint density at radius 3 is 2.31 bits per heavy atom. The number of ketones is 1. The van der Waals surface area contributed by atoms with E-state index in [1.165, 1.54) is 8.97 Å². The molecule has 7 heteroatoms. The number of aromatic nitrogens is 4. The molecule has 0 atom stereocenters. The summed E-state index contributed by atoms with van der Waals surface area (Å²) in [6.45, 7) is 1.99. The third-order valence-electron chi connectivity index (χ3n) is 5.53. The average molecular weight is 424 g/mol. The summed E-state index contributed by atoms with van der Waals surface area (Å²) >= 11 is 0. The van der Waals surface area contributed by atoms with Gasteiger partial charge in [-0.25, -0.2) is 13.9 Å². The van der Waals surface area contributed by atoms with Crippen LogP contribution in [-0.2, 0) is 13.1 Å². The van der Waals surface area contributed by atoms with E-state index in [9.17, 15) is 14.4 Å². The highest BCUT2D eigenvalue weighted by molar-refractivity contribution is 5.95. The van der Waals surface area contributed by atoms with Crippen LogP contribution in [0, 0.1) is 6.92 Å². The van der Waals surface area contributed by atoms with Crippen molar-refractivity contribution in [2.75, 3.05) is 0 Å². The predicted molar refractivity (Wildman–Crippen MR) is 122 cm³/mol. The van der Waals surface area contributed by atoms with E-state index in [0.717, 1.165) is 15.8 Å². The van der Waals surface area contributed by atoms with Gasteiger partial charge in [0.1, 0.15) is 6.54 Å². The zero-order chi connectivity index (χ0) is 22.2. The first kappa shape index (κ1) is 19.7. The number of fused-ring (bicyclic) bond motifs is 3. The first-order valence-electron chi connectivity index (χ1n) is 10.3. The molecule has 2 heterocycles. The first-order valence-corrected chi connectivity index (χ1v) is 10.3. The molecule has 3 aromatic carbocycles. The van der Waals surface area contributed by atoms with Gasteiger partial charge in [0.15, 0.2) is 5.78 Å². The predicted octanol–water partition coefficient (Wildman–Crippen LogP) is 3.05. The molecular weight excluding hydrogens is 404 g/mol. The topological polar surface area (TPSA) is 78.4 Å². The molecule has 158 valence electrons. The quantitative estimate of drug-likeness (QED) is 0.406. The maximum Gasteiger partial charge on any atom is 0.352 e. The molecule has 0 radical (unpaired) electrons. The normalized spacial score (nSPS) is 11.3. The maximum atomic E-state index is 13.3. The monoisotopic (exact) mass is 424 g/mol. The van der Waals surface area contributed by atoms with Crippen molar-refractivity contribution in [1.29, 1.82) is 0 Å². The summed E-state index contributed by atoms with van der Waals surface area (Å²) in [5, 5.41) is 4.83. The fourth-order valence-electron chi connectivity index (χ4n) is 3.85. The van der Waals surface area contributed by atoms with Crippen LogP contribution in [0.5, 0.6) is 0 Å². The third-order valence-corrected chi connectivity index (χ3v) is 5.53. The number of hydrogen-bond donors (Lipinski definition) is 0. The van der Waals surface area contributed by atoms with Gasteiger partial charge in [-0.1, -0.05) is 72.3 Å². The van der Waals surface area contributed by atoms with Crippen molar-refractivity contribution in [1.82, 2.24) is 18.7 Å². The Labute approximate surface area is 182 Å². The lowest BCUT2D eigenvalue weighted by Crippen LogP contribution is -2.27. The van der Waals surface area contributed by atoms with E-state index in [1.807, 2.05) is 49.4 Å². The zero-order valence-electron chi connectivity index (χ0n) is 17.4. The van der Waals surface area contributed by atoms with Crippen LogP contribution in [0.2, 0.25) is 0 Å². The second-order valence-corrected chi connectivity index (χ2v) is 7.76. The second kappa shape index (κ2) is 7.77. The SMILES string of the molecule is Cc1ccc(C(=O)Cn2nc3n(Cc4ccccc4)c(=O)c4ccccc4n3c2=O)cc1. The molecule has 5 aromatic rings. The molecule has 7 nitrogen and oxygen atoms in total. The highest BCUT2D eigenvalue weighted by atomic mass is 16.2. The lowest BCUT2D eigenvalue weighted by atomic mass is 10.1. The molecule has 0 N–H and O–H groups in total. The smallest absolute Gasteiger partial charge is 0.292 e. The van der Waals surface area contributed by atoms with Crippen molar-refractivity contribution in [2.45, 2.75) is 20.0 Å². The summed E-state index contributed by atoms with van der Waals surface area (Å²) in [7, 11) is 0. The molecule has 0 aliphatic carbocycles. The number of para-hydroxylation sites is 1. The van der Waals surface area contributed by atoms with E-state index in [-0.39, 0.29) is 30.2 Å². The van der Waals surface area contributed by atoms with Crippen LogP contribution in [-0.4, -0.2) is 24.5 Å². The minimum Gasteiger partial charge on any atom is -0.292 e. The van der Waals surface area contributed by atoms with E-state index in [2.05, 4.69) is 5.10 Å². The Balaban J connectivity index is 1.69. The third kappa shape index (κ3) is 3.33. The molecule has 0 spiro atoms. The molecule has 0 aliphatic heterocycles. The Morgan fingerprint density at radius 2 is 1.56 bits per heavy atom. The van der Waals surface area contributed by atoms with Gasteiger partial charge >= 0.3 is 5.69 Å². The average Bonchev–Trinajstić information content (AvgIpc) is 3.13. The van der Waals surface area contributed by atoms with Crippen LogP contribution in [0.15, 0.2) is 88.5 Å². The summed E-state index contributed by atoms with van der Waals surface area (Å²) in [5.41, 5.74) is 2.23. The number of rotatable bonds is 5. The number of benzene rings is 3. The molecule has 0 saturated carbocycles. The van der Waals surface area contributed by atoms with Crippen molar-refractivity contribution in [3.8, 4) is 0 Å². The summed E-state index contributed by atoms with van der Waals surface area (Å²) < 4.78 is 4.01. The summed E-state index contributed by atoms with van der Waals surface area (Å²) in [6.07, 6.45) is 0. The molecule has 32 heavy (non-hydrogen) atoms. The van der Waals surface area contributed by atoms with Crippen LogP contribution in [0.1, 0.15) is 21.5 Å².